The number of aliphatic imine (C=N–C) groups is 1. The Morgan fingerprint density at radius 2 is 1.89 bits per heavy atom. The number of hydrogen-bond acceptors (Lipinski definition) is 6. The van der Waals surface area contributed by atoms with Crippen molar-refractivity contribution in [2.75, 3.05) is 6.61 Å². The number of hydrogen-bond donors (Lipinski definition) is 1. The van der Waals surface area contributed by atoms with Crippen LogP contribution in [-0.2, 0) is 14.3 Å². The molecule has 2 aliphatic heterocycles. The van der Waals surface area contributed by atoms with Gasteiger partial charge in [-0.3, -0.25) is 4.79 Å². The van der Waals surface area contributed by atoms with Crippen LogP contribution in [0.5, 0.6) is 0 Å². The van der Waals surface area contributed by atoms with E-state index in [1.54, 1.807) is 6.92 Å². The van der Waals surface area contributed by atoms with Gasteiger partial charge in [-0.25, -0.2) is 9.79 Å². The highest BCUT2D eigenvalue weighted by molar-refractivity contribution is 8.16. The highest BCUT2D eigenvalue weighted by Crippen LogP contribution is 2.47. The smallest absolute Gasteiger partial charge is 0.338 e. The fourth-order valence-electron chi connectivity index (χ4n) is 4.45. The van der Waals surface area contributed by atoms with E-state index in [0.29, 0.717) is 11.3 Å². The molecule has 182 valence electrons. The van der Waals surface area contributed by atoms with E-state index < -0.39 is 12.0 Å². The highest BCUT2D eigenvalue weighted by atomic mass is 32.2. The van der Waals surface area contributed by atoms with E-state index in [1.165, 1.54) is 11.8 Å². The second kappa shape index (κ2) is 10.5. The Kier molecular flexibility index (Phi) is 7.45. The molecule has 0 aromatic heterocycles. The number of ether oxygens (including phenoxy) is 1. The Morgan fingerprint density at radius 1 is 1.14 bits per heavy atom. The summed E-state index contributed by atoms with van der Waals surface area (Å²) in [5, 5.41) is 5.68. The van der Waals surface area contributed by atoms with Gasteiger partial charge in [0.2, 0.25) is 5.91 Å². The van der Waals surface area contributed by atoms with E-state index in [2.05, 4.69) is 37.4 Å². The third-order valence-electron chi connectivity index (χ3n) is 5.86. The van der Waals surface area contributed by atoms with E-state index in [1.807, 2.05) is 54.5 Å². The zero-order chi connectivity index (χ0) is 25.1. The number of rotatable bonds is 7. The number of amidine groups is 1. The molecular weight excluding hydrogens is 458 g/mol. The molecule has 2 aromatic rings. The van der Waals surface area contributed by atoms with Gasteiger partial charge in [-0.1, -0.05) is 65.9 Å². The number of aryl methyl sites for hydroxylation is 2. The molecule has 2 aliphatic rings. The lowest BCUT2D eigenvalue weighted by Gasteiger charge is -2.37. The summed E-state index contributed by atoms with van der Waals surface area (Å²) in [6, 6.07) is 15.5. The van der Waals surface area contributed by atoms with Gasteiger partial charge in [0, 0.05) is 17.3 Å². The maximum Gasteiger partial charge on any atom is 0.338 e. The molecule has 0 spiro atoms. The van der Waals surface area contributed by atoms with Crippen LogP contribution in [-0.4, -0.2) is 34.6 Å². The Morgan fingerprint density at radius 3 is 2.54 bits per heavy atom. The maximum atomic E-state index is 13.5. The quantitative estimate of drug-likeness (QED) is 0.521. The van der Waals surface area contributed by atoms with Gasteiger partial charge in [-0.05, 0) is 51.2 Å². The van der Waals surface area contributed by atoms with Crippen molar-refractivity contribution in [3.63, 3.8) is 0 Å². The van der Waals surface area contributed by atoms with Crippen molar-refractivity contribution in [2.45, 2.75) is 53.1 Å². The van der Waals surface area contributed by atoms with Crippen molar-refractivity contribution < 1.29 is 14.3 Å². The second-order valence-corrected chi connectivity index (χ2v) is 9.84. The average Bonchev–Trinajstić information content (AvgIpc) is 3.20. The van der Waals surface area contributed by atoms with Crippen molar-refractivity contribution in [1.82, 2.24) is 10.2 Å². The lowest BCUT2D eigenvalue weighted by Crippen LogP contribution is -2.39. The Labute approximate surface area is 211 Å². The molecule has 4 rings (SSSR count). The first kappa shape index (κ1) is 24.8. The predicted octanol–water partition coefficient (Wildman–Crippen LogP) is 5.49. The van der Waals surface area contributed by atoms with Crippen LogP contribution in [0.2, 0.25) is 0 Å². The minimum atomic E-state index is -0.467. The van der Waals surface area contributed by atoms with Crippen molar-refractivity contribution in [3.05, 3.63) is 87.5 Å². The van der Waals surface area contributed by atoms with Crippen molar-refractivity contribution in [1.29, 1.82) is 0 Å². The first-order valence-corrected chi connectivity index (χ1v) is 12.7. The van der Waals surface area contributed by atoms with Gasteiger partial charge in [0.15, 0.2) is 5.17 Å². The number of fused-ring (bicyclic) bond motifs is 1. The first-order chi connectivity index (χ1) is 16.8. The highest BCUT2D eigenvalue weighted by Gasteiger charge is 2.42. The molecule has 35 heavy (non-hydrogen) atoms. The molecule has 0 saturated heterocycles. The molecule has 7 heteroatoms. The molecule has 1 atom stereocenters. The van der Waals surface area contributed by atoms with Crippen molar-refractivity contribution in [2.24, 2.45) is 4.99 Å². The van der Waals surface area contributed by atoms with Gasteiger partial charge in [0.1, 0.15) is 0 Å². The number of esters is 1. The number of benzene rings is 2. The molecule has 0 saturated carbocycles. The van der Waals surface area contributed by atoms with Crippen LogP contribution in [0.25, 0.3) is 5.70 Å². The normalized spacial score (nSPS) is 17.2. The van der Waals surface area contributed by atoms with Crippen LogP contribution in [0.3, 0.4) is 0 Å². The van der Waals surface area contributed by atoms with Crippen LogP contribution >= 0.6 is 11.8 Å². The topological polar surface area (TPSA) is 71.0 Å². The standard InChI is InChI=1S/C28H31N3O3S/c1-6-34-27(33)24-25(20-10-8-7-9-11-20)30-28-31(21(16-35-28)15-23(32)29-17(2)3)26(24)22-13-12-18(4)14-19(22)5/h7-14,16-17,26H,6,15H2,1-5H3,(H,29,32)/t26-/m0/s1. The fraction of sp³-hybridized carbons (Fsp3) is 0.321. The number of nitrogens with one attached hydrogen (secondary N) is 1. The van der Waals surface area contributed by atoms with Crippen LogP contribution in [0.4, 0.5) is 0 Å². The summed E-state index contributed by atoms with van der Waals surface area (Å²) in [5.41, 5.74) is 5.93. The van der Waals surface area contributed by atoms with Crippen LogP contribution in [0.15, 0.2) is 70.2 Å². The molecule has 1 N–H and O–H groups in total. The summed E-state index contributed by atoms with van der Waals surface area (Å²) in [6.45, 7) is 10.0. The molecule has 2 heterocycles. The monoisotopic (exact) mass is 489 g/mol. The first-order valence-electron chi connectivity index (χ1n) is 11.9. The molecular formula is C28H31N3O3S. The summed E-state index contributed by atoms with van der Waals surface area (Å²) >= 11 is 1.48. The minimum absolute atomic E-state index is 0.0430. The van der Waals surface area contributed by atoms with Crippen molar-refractivity contribution in [3.8, 4) is 0 Å². The Balaban J connectivity index is 1.90. The number of carbonyl (C=O) groups is 2. The maximum absolute atomic E-state index is 13.5. The van der Waals surface area contributed by atoms with E-state index >= 15 is 0 Å². The lowest BCUT2D eigenvalue weighted by molar-refractivity contribution is -0.139. The minimum Gasteiger partial charge on any atom is -0.463 e. The number of thioether (sulfide) groups is 1. The average molecular weight is 490 g/mol. The van der Waals surface area contributed by atoms with Gasteiger partial charge >= 0.3 is 5.97 Å². The van der Waals surface area contributed by atoms with E-state index in [-0.39, 0.29) is 25.0 Å². The third-order valence-corrected chi connectivity index (χ3v) is 6.75. The summed E-state index contributed by atoms with van der Waals surface area (Å²) in [7, 11) is 0. The van der Waals surface area contributed by atoms with Gasteiger partial charge in [0.25, 0.3) is 0 Å². The Hall–Kier alpha value is -3.32. The summed E-state index contributed by atoms with van der Waals surface area (Å²) < 4.78 is 5.57. The summed E-state index contributed by atoms with van der Waals surface area (Å²) in [6.07, 6.45) is 0.197. The van der Waals surface area contributed by atoms with E-state index in [0.717, 1.165) is 33.1 Å². The molecule has 2 aromatic carbocycles. The SMILES string of the molecule is CCOC(=O)C1=C(c2ccccc2)N=C2SC=C(CC(=O)NC(C)C)N2[C@H]1c1ccc(C)cc1C. The molecule has 0 aliphatic carbocycles. The fourth-order valence-corrected chi connectivity index (χ4v) is 5.37. The number of amides is 1. The van der Waals surface area contributed by atoms with Crippen LogP contribution in [0.1, 0.15) is 55.5 Å². The molecule has 0 unspecified atom stereocenters. The Bertz CT molecular complexity index is 1230. The third kappa shape index (κ3) is 5.20. The molecule has 1 amide bonds. The predicted molar refractivity (Wildman–Crippen MR) is 141 cm³/mol. The largest absolute Gasteiger partial charge is 0.463 e. The molecule has 0 bridgehead atoms. The van der Waals surface area contributed by atoms with Gasteiger partial charge in [-0.15, -0.1) is 0 Å². The molecule has 6 nitrogen and oxygen atoms in total. The zero-order valence-electron chi connectivity index (χ0n) is 20.8. The van der Waals surface area contributed by atoms with Gasteiger partial charge in [-0.2, -0.15) is 0 Å². The van der Waals surface area contributed by atoms with Crippen molar-refractivity contribution >= 4 is 34.5 Å². The number of nitrogens with zero attached hydrogens (tertiary/aromatic N) is 2. The lowest BCUT2D eigenvalue weighted by atomic mass is 9.88. The van der Waals surface area contributed by atoms with E-state index in [4.69, 9.17) is 9.73 Å². The number of carbonyl (C=O) groups excluding carboxylic acids is 2. The second-order valence-electron chi connectivity index (χ2n) is 9.00. The zero-order valence-corrected chi connectivity index (χ0v) is 21.6. The van der Waals surface area contributed by atoms with Crippen LogP contribution in [0, 0.1) is 13.8 Å². The summed E-state index contributed by atoms with van der Waals surface area (Å²) in [5.74, 6) is -0.468. The van der Waals surface area contributed by atoms with Gasteiger partial charge in [0.05, 0.1) is 30.3 Å². The molecule has 0 fully saturated rings. The van der Waals surface area contributed by atoms with Gasteiger partial charge < -0.3 is 15.0 Å². The molecule has 0 radical (unpaired) electrons. The van der Waals surface area contributed by atoms with Crippen LogP contribution < -0.4 is 5.32 Å². The van der Waals surface area contributed by atoms with E-state index in [9.17, 15) is 9.59 Å². The summed E-state index contributed by atoms with van der Waals surface area (Å²) in [4.78, 5) is 33.2.